The van der Waals surface area contributed by atoms with E-state index in [4.69, 9.17) is 22.1 Å². The smallest absolute Gasteiger partial charge is 0.360 e. The average molecular weight is 287 g/mol. The Morgan fingerprint density at radius 2 is 2.16 bits per heavy atom. The Kier molecular flexibility index (Phi) is 4.39. The summed E-state index contributed by atoms with van der Waals surface area (Å²) in [5.41, 5.74) is 5.60. The standard InChI is InChI=1S/C11H15ClN4O3/c1-18-11(17)7-9(13)16-10(8(12)15-7)14-6-2-4-19-5-3-6/h6H,2-5H2,1H3,(H3,13,14,16). The summed E-state index contributed by atoms with van der Waals surface area (Å²) in [6, 6.07) is 0.212. The largest absolute Gasteiger partial charge is 0.464 e. The Labute approximate surface area is 115 Å². The van der Waals surface area contributed by atoms with Gasteiger partial charge >= 0.3 is 5.97 Å². The van der Waals surface area contributed by atoms with Gasteiger partial charge in [-0.2, -0.15) is 0 Å². The first-order chi connectivity index (χ1) is 9.11. The monoisotopic (exact) mass is 286 g/mol. The molecule has 0 aromatic carbocycles. The summed E-state index contributed by atoms with van der Waals surface area (Å²) >= 11 is 5.99. The van der Waals surface area contributed by atoms with Crippen molar-refractivity contribution < 1.29 is 14.3 Å². The minimum absolute atomic E-state index is 0.00851. The molecule has 0 aliphatic carbocycles. The number of hydrogen-bond donors (Lipinski definition) is 2. The lowest BCUT2D eigenvalue weighted by Crippen LogP contribution is -2.28. The Hall–Kier alpha value is -1.60. The Bertz CT molecular complexity index is 477. The number of esters is 1. The van der Waals surface area contributed by atoms with Crippen LogP contribution in [-0.2, 0) is 9.47 Å². The van der Waals surface area contributed by atoms with E-state index in [1.165, 1.54) is 7.11 Å². The summed E-state index contributed by atoms with van der Waals surface area (Å²) in [6.07, 6.45) is 1.72. The number of ether oxygens (including phenoxy) is 2. The van der Waals surface area contributed by atoms with E-state index in [1.807, 2.05) is 0 Å². The summed E-state index contributed by atoms with van der Waals surface area (Å²) in [5, 5.41) is 3.25. The average Bonchev–Trinajstić information content (AvgIpc) is 2.43. The molecule has 0 radical (unpaired) electrons. The van der Waals surface area contributed by atoms with Gasteiger partial charge in [-0.1, -0.05) is 11.6 Å². The second-order valence-corrected chi connectivity index (χ2v) is 4.48. The van der Waals surface area contributed by atoms with E-state index >= 15 is 0 Å². The van der Waals surface area contributed by atoms with Crippen LogP contribution >= 0.6 is 11.6 Å². The van der Waals surface area contributed by atoms with Gasteiger partial charge in [0.05, 0.1) is 7.11 Å². The van der Waals surface area contributed by atoms with Crippen molar-refractivity contribution in [2.75, 3.05) is 31.4 Å². The van der Waals surface area contributed by atoms with E-state index in [0.29, 0.717) is 19.0 Å². The molecule has 8 heteroatoms. The Balaban J connectivity index is 2.17. The molecule has 1 saturated heterocycles. The zero-order valence-electron chi connectivity index (χ0n) is 10.5. The van der Waals surface area contributed by atoms with Crippen LogP contribution in [0.15, 0.2) is 0 Å². The van der Waals surface area contributed by atoms with E-state index < -0.39 is 5.97 Å². The van der Waals surface area contributed by atoms with Crippen LogP contribution in [0.1, 0.15) is 23.3 Å². The minimum atomic E-state index is -0.662. The summed E-state index contributed by atoms with van der Waals surface area (Å²) < 4.78 is 9.81. The molecule has 0 amide bonds. The number of methoxy groups -OCH3 is 1. The minimum Gasteiger partial charge on any atom is -0.464 e. The lowest BCUT2D eigenvalue weighted by molar-refractivity contribution is 0.0595. The van der Waals surface area contributed by atoms with Crippen LogP contribution in [0, 0.1) is 0 Å². The molecule has 19 heavy (non-hydrogen) atoms. The van der Waals surface area contributed by atoms with Crippen molar-refractivity contribution in [3.05, 3.63) is 10.8 Å². The molecule has 7 nitrogen and oxygen atoms in total. The fourth-order valence-corrected chi connectivity index (χ4v) is 1.98. The van der Waals surface area contributed by atoms with Crippen LogP contribution in [-0.4, -0.2) is 42.3 Å². The third-order valence-electron chi connectivity index (χ3n) is 2.82. The van der Waals surface area contributed by atoms with E-state index in [9.17, 15) is 4.79 Å². The van der Waals surface area contributed by atoms with Gasteiger partial charge in [0.1, 0.15) is 0 Å². The molecular weight excluding hydrogens is 272 g/mol. The first-order valence-corrected chi connectivity index (χ1v) is 6.25. The quantitative estimate of drug-likeness (QED) is 0.802. The van der Waals surface area contributed by atoms with Crippen molar-refractivity contribution in [2.24, 2.45) is 0 Å². The number of nitrogen functional groups attached to an aromatic ring is 1. The molecule has 1 fully saturated rings. The van der Waals surface area contributed by atoms with Crippen LogP contribution in [0.25, 0.3) is 0 Å². The highest BCUT2D eigenvalue weighted by molar-refractivity contribution is 6.32. The first-order valence-electron chi connectivity index (χ1n) is 5.87. The highest BCUT2D eigenvalue weighted by Crippen LogP contribution is 2.23. The molecule has 2 heterocycles. The predicted octanol–water partition coefficient (Wildman–Crippen LogP) is 1.09. The summed E-state index contributed by atoms with van der Waals surface area (Å²) in [6.45, 7) is 1.39. The number of halogens is 1. The van der Waals surface area contributed by atoms with E-state index in [-0.39, 0.29) is 22.7 Å². The fraction of sp³-hybridized carbons (Fsp3) is 0.545. The number of nitrogens with one attached hydrogen (secondary N) is 1. The van der Waals surface area contributed by atoms with Crippen molar-refractivity contribution in [3.63, 3.8) is 0 Å². The number of nitrogens with two attached hydrogens (primary N) is 1. The molecule has 1 aliphatic rings. The second kappa shape index (κ2) is 6.03. The van der Waals surface area contributed by atoms with Gasteiger partial charge in [-0.25, -0.2) is 14.8 Å². The molecule has 0 spiro atoms. The lowest BCUT2D eigenvalue weighted by atomic mass is 10.1. The normalized spacial score (nSPS) is 16.1. The SMILES string of the molecule is COC(=O)c1nc(Cl)c(NC2CCOCC2)nc1N. The summed E-state index contributed by atoms with van der Waals surface area (Å²) in [7, 11) is 1.24. The van der Waals surface area contributed by atoms with Crippen molar-refractivity contribution in [1.29, 1.82) is 0 Å². The summed E-state index contributed by atoms with van der Waals surface area (Å²) in [4.78, 5) is 19.4. The van der Waals surface area contributed by atoms with E-state index in [0.717, 1.165) is 12.8 Å². The van der Waals surface area contributed by atoms with Crippen molar-refractivity contribution in [3.8, 4) is 0 Å². The van der Waals surface area contributed by atoms with Gasteiger partial charge in [-0.05, 0) is 12.8 Å². The number of carbonyl (C=O) groups is 1. The molecule has 104 valence electrons. The van der Waals surface area contributed by atoms with Gasteiger partial charge in [0.25, 0.3) is 0 Å². The van der Waals surface area contributed by atoms with Crippen LogP contribution in [0.3, 0.4) is 0 Å². The van der Waals surface area contributed by atoms with Crippen LogP contribution in [0.5, 0.6) is 0 Å². The zero-order valence-corrected chi connectivity index (χ0v) is 11.2. The molecule has 2 rings (SSSR count). The second-order valence-electron chi connectivity index (χ2n) is 4.12. The zero-order chi connectivity index (χ0) is 13.8. The van der Waals surface area contributed by atoms with Crippen molar-refractivity contribution in [2.45, 2.75) is 18.9 Å². The van der Waals surface area contributed by atoms with Crippen LogP contribution in [0.2, 0.25) is 5.15 Å². The Morgan fingerprint density at radius 1 is 1.47 bits per heavy atom. The topological polar surface area (TPSA) is 99.4 Å². The number of rotatable bonds is 3. The number of hydrogen-bond acceptors (Lipinski definition) is 7. The molecule has 0 atom stereocenters. The van der Waals surface area contributed by atoms with Crippen LogP contribution < -0.4 is 11.1 Å². The maximum atomic E-state index is 11.4. The summed E-state index contributed by atoms with van der Waals surface area (Å²) in [5.74, 6) is -0.297. The van der Waals surface area contributed by atoms with Gasteiger partial charge in [-0.15, -0.1) is 0 Å². The third-order valence-corrected chi connectivity index (χ3v) is 3.08. The van der Waals surface area contributed by atoms with Crippen LogP contribution in [0.4, 0.5) is 11.6 Å². The fourth-order valence-electron chi connectivity index (χ4n) is 1.80. The predicted molar refractivity (Wildman–Crippen MR) is 70.3 cm³/mol. The lowest BCUT2D eigenvalue weighted by Gasteiger charge is -2.24. The molecule has 0 saturated carbocycles. The van der Waals surface area contributed by atoms with Gasteiger partial charge in [-0.3, -0.25) is 0 Å². The van der Waals surface area contributed by atoms with Crippen molar-refractivity contribution >= 4 is 29.2 Å². The molecule has 1 aromatic heterocycles. The molecule has 0 unspecified atom stereocenters. The highest BCUT2D eigenvalue weighted by Gasteiger charge is 2.20. The molecule has 1 aliphatic heterocycles. The highest BCUT2D eigenvalue weighted by atomic mass is 35.5. The molecule has 3 N–H and O–H groups in total. The van der Waals surface area contributed by atoms with Gasteiger partial charge < -0.3 is 20.5 Å². The van der Waals surface area contributed by atoms with Gasteiger partial charge in [0, 0.05) is 19.3 Å². The van der Waals surface area contributed by atoms with E-state index in [2.05, 4.69) is 20.0 Å². The molecule has 0 bridgehead atoms. The van der Waals surface area contributed by atoms with Gasteiger partial charge in [0.2, 0.25) is 0 Å². The first kappa shape index (κ1) is 13.8. The number of anilines is 2. The number of carbonyl (C=O) groups excluding carboxylic acids is 1. The number of nitrogens with zero attached hydrogens (tertiary/aromatic N) is 2. The molecular formula is C11H15ClN4O3. The maximum absolute atomic E-state index is 11.4. The van der Waals surface area contributed by atoms with E-state index in [1.54, 1.807) is 0 Å². The third kappa shape index (κ3) is 3.24. The van der Waals surface area contributed by atoms with Gasteiger partial charge in [0.15, 0.2) is 22.5 Å². The van der Waals surface area contributed by atoms with Crippen molar-refractivity contribution in [1.82, 2.24) is 9.97 Å². The maximum Gasteiger partial charge on any atom is 0.360 e. The number of aromatic nitrogens is 2. The Morgan fingerprint density at radius 3 is 2.79 bits per heavy atom. The molecule has 1 aromatic rings.